The molecule has 3 saturated heterocycles. The fourth-order valence-electron chi connectivity index (χ4n) is 11.0. The van der Waals surface area contributed by atoms with Gasteiger partial charge in [0.1, 0.15) is 90.5 Å². The van der Waals surface area contributed by atoms with Crippen molar-refractivity contribution in [3.05, 3.63) is 150 Å². The van der Waals surface area contributed by atoms with Crippen LogP contribution in [0, 0.1) is 0 Å². The van der Waals surface area contributed by atoms with Gasteiger partial charge in [0.05, 0.1) is 42.6 Å². The van der Waals surface area contributed by atoms with E-state index in [2.05, 4.69) is 9.97 Å². The normalized spacial score (nSPS) is 28.5. The summed E-state index contributed by atoms with van der Waals surface area (Å²) in [6, 6.07) is 38.4. The predicted octanol–water partition coefficient (Wildman–Crippen LogP) is 2.86. The topological polar surface area (TPSA) is 356 Å². The van der Waals surface area contributed by atoms with Gasteiger partial charge in [-0.15, -0.1) is 0 Å². The maximum atomic E-state index is 10.8. The van der Waals surface area contributed by atoms with Gasteiger partial charge in [0.15, 0.2) is 0 Å². The number of H-pyrrole nitrogens is 2. The Morgan fingerprint density at radius 1 is 0.321 bits per heavy atom. The van der Waals surface area contributed by atoms with Crippen LogP contribution in [0.15, 0.2) is 127 Å². The number of hydrogen-bond donors (Lipinski definition) is 14. The van der Waals surface area contributed by atoms with E-state index < -0.39 is 112 Å². The highest BCUT2D eigenvalue weighted by molar-refractivity contribution is 6.00. The second-order valence-corrected chi connectivity index (χ2v) is 20.9. The molecular weight excluding hydrogens is 1090 g/mol. The number of nitrogens with zero attached hydrogens (tertiary/aromatic N) is 2. The molecule has 14 N–H and O–H groups in total. The number of rotatable bonds is 13. The summed E-state index contributed by atoms with van der Waals surface area (Å²) in [7, 11) is 0. The van der Waals surface area contributed by atoms with Crippen molar-refractivity contribution in [1.29, 1.82) is 0 Å². The molecule has 7 aromatic rings. The molecule has 3 aromatic heterocycles. The molecule has 5 aliphatic rings. The first-order chi connectivity index (χ1) is 40.7. The Hall–Kier alpha value is -7.72. The zero-order chi connectivity index (χ0) is 58.5. The van der Waals surface area contributed by atoms with E-state index in [9.17, 15) is 61.3 Å². The molecule has 0 radical (unpaired) electrons. The number of ether oxygens (including phenoxy) is 6. The van der Waals surface area contributed by atoms with Crippen LogP contribution < -0.4 is 14.2 Å². The van der Waals surface area contributed by atoms with Crippen LogP contribution in [-0.2, 0) is 14.2 Å². The fraction of sp³-hybridized carbons (Fsp3) is 0.290. The predicted molar refractivity (Wildman–Crippen MR) is 304 cm³/mol. The molecule has 8 heterocycles. The van der Waals surface area contributed by atoms with Crippen molar-refractivity contribution in [2.45, 2.75) is 92.1 Å². The minimum absolute atomic E-state index is 0.227. The van der Waals surface area contributed by atoms with Gasteiger partial charge in [-0.25, -0.2) is 9.97 Å². The molecule has 5 aliphatic heterocycles. The van der Waals surface area contributed by atoms with Crippen LogP contribution in [0.2, 0.25) is 0 Å². The van der Waals surface area contributed by atoms with E-state index in [0.717, 1.165) is 22.2 Å². The quantitative estimate of drug-likeness (QED) is 0.0789. The van der Waals surface area contributed by atoms with Crippen LogP contribution in [0.5, 0.6) is 17.2 Å². The van der Waals surface area contributed by atoms with Gasteiger partial charge in [-0.2, -0.15) is 0 Å². The molecule has 0 amide bonds. The third kappa shape index (κ3) is 10.8. The van der Waals surface area contributed by atoms with Crippen LogP contribution in [0.1, 0.15) is 22.8 Å². The average Bonchev–Trinajstić information content (AvgIpc) is 4.47. The van der Waals surface area contributed by atoms with Crippen LogP contribution >= 0.6 is 0 Å². The number of aliphatic hydroxyl groups is 12. The standard InChI is InChI=1S/C62H60N4O18/c67-26-44-51(70)54(73)57(76)60(82-44)79-33-12-6-30(7-13-33)48-38-20-18-36(63-38)47(29-4-2-1-3-5-29)37-19-21-39(64-37)49(31-8-14-34(15-9-31)80-61-58(77)55(74)52(71)45(27-68)83-61)41-23-25-43(66-41)50(42-24-22-40(48)65-42)32-10-16-35(17-11-32)81-62-59(78)56(75)53(72)46(28-69)84-62/h1-25,44-46,51-64,67-78H,26-28H2/t44-,45-,46-,51-,52-,53-,54+,55+,56+,57-,58-,59-,60-,61-,62-/m1/s1. The van der Waals surface area contributed by atoms with Crippen LogP contribution in [0.3, 0.4) is 0 Å². The van der Waals surface area contributed by atoms with E-state index in [0.29, 0.717) is 67.2 Å². The third-order valence-electron chi connectivity index (χ3n) is 15.5. The fourth-order valence-corrected chi connectivity index (χ4v) is 11.0. The molecule has 3 fully saturated rings. The summed E-state index contributed by atoms with van der Waals surface area (Å²) < 4.78 is 34.8. The molecule has 0 saturated carbocycles. The van der Waals surface area contributed by atoms with E-state index in [4.69, 9.17) is 38.4 Å². The summed E-state index contributed by atoms with van der Waals surface area (Å²) >= 11 is 0. The van der Waals surface area contributed by atoms with Crippen molar-refractivity contribution < 1.29 is 89.7 Å². The third-order valence-corrected chi connectivity index (χ3v) is 15.5. The van der Waals surface area contributed by atoms with Gasteiger partial charge in [0.25, 0.3) is 0 Å². The van der Waals surface area contributed by atoms with Crippen molar-refractivity contribution >= 4 is 46.4 Å². The van der Waals surface area contributed by atoms with E-state index >= 15 is 0 Å². The highest BCUT2D eigenvalue weighted by atomic mass is 16.7. The molecule has 12 rings (SSSR count). The Morgan fingerprint density at radius 3 is 0.929 bits per heavy atom. The van der Waals surface area contributed by atoms with E-state index in [-0.39, 0.29) is 17.2 Å². The first-order valence-corrected chi connectivity index (χ1v) is 27.1. The van der Waals surface area contributed by atoms with E-state index in [1.165, 1.54) is 0 Å². The van der Waals surface area contributed by atoms with Gasteiger partial charge in [-0.3, -0.25) is 0 Å². The lowest BCUT2D eigenvalue weighted by molar-refractivity contribution is -0.277. The molecular formula is C62H60N4O18. The van der Waals surface area contributed by atoms with Gasteiger partial charge in [0.2, 0.25) is 18.9 Å². The Kier molecular flexibility index (Phi) is 16.0. The highest BCUT2D eigenvalue weighted by Crippen LogP contribution is 2.40. The Balaban J connectivity index is 1.03. The average molecular weight is 1150 g/mol. The van der Waals surface area contributed by atoms with Gasteiger partial charge >= 0.3 is 0 Å². The highest BCUT2D eigenvalue weighted by Gasteiger charge is 2.47. The second-order valence-electron chi connectivity index (χ2n) is 20.9. The lowest BCUT2D eigenvalue weighted by Gasteiger charge is -2.39. The lowest BCUT2D eigenvalue weighted by Crippen LogP contribution is -2.60. The molecule has 8 bridgehead atoms. The maximum absolute atomic E-state index is 10.8. The number of hydrogen-bond acceptors (Lipinski definition) is 20. The monoisotopic (exact) mass is 1150 g/mol. The Morgan fingerprint density at radius 2 is 0.607 bits per heavy atom. The minimum atomic E-state index is -1.66. The summed E-state index contributed by atoms with van der Waals surface area (Å²) in [5, 5.41) is 124. The molecule has 22 nitrogen and oxygen atoms in total. The SMILES string of the molecule is OC[C@H]1O[C@@H](Oc2ccc(-c3c4nc(c(-c5ccc(O[C@@H]6O[C@H](CO)[C@@H](O)[C@H](O)[C@H]6O)cc5)c5ccc([nH]5)c(-c5ccccc5)c5ccc([nH]5)c(-c5ccc(O[C@@H]6O[C@H](CO)[C@@H](O)[C@H](O)[C@H]6O)cc5)c5nc3C=C5)C=C4)cc2)[C@H](O)[C@@H](O)[C@@H]1O. The van der Waals surface area contributed by atoms with Crippen LogP contribution in [0.4, 0.5) is 0 Å². The van der Waals surface area contributed by atoms with E-state index in [1.807, 2.05) is 78.9 Å². The molecule has 15 atom stereocenters. The summed E-state index contributed by atoms with van der Waals surface area (Å²) in [6.07, 6.45) is -14.8. The number of benzene rings is 4. The second kappa shape index (κ2) is 23.7. The number of aromatic amines is 2. The Bertz CT molecular complexity index is 3540. The maximum Gasteiger partial charge on any atom is 0.229 e. The molecule has 4 aromatic carbocycles. The molecule has 84 heavy (non-hydrogen) atoms. The van der Waals surface area contributed by atoms with Crippen molar-refractivity contribution in [3.8, 4) is 61.8 Å². The van der Waals surface area contributed by atoms with Crippen LogP contribution in [-0.4, -0.2) is 193 Å². The van der Waals surface area contributed by atoms with Gasteiger partial charge in [0, 0.05) is 44.3 Å². The zero-order valence-electron chi connectivity index (χ0n) is 44.4. The number of aromatic nitrogens is 4. The van der Waals surface area contributed by atoms with Crippen molar-refractivity contribution in [2.75, 3.05) is 19.8 Å². The van der Waals surface area contributed by atoms with Crippen molar-refractivity contribution in [1.82, 2.24) is 19.9 Å². The minimum Gasteiger partial charge on any atom is -0.462 e. The number of nitrogens with one attached hydrogen (secondary N) is 2. The van der Waals surface area contributed by atoms with Crippen molar-refractivity contribution in [2.24, 2.45) is 0 Å². The summed E-state index contributed by atoms with van der Waals surface area (Å²) in [5.41, 5.74) is 10.6. The van der Waals surface area contributed by atoms with Gasteiger partial charge in [-0.05, 0) is 107 Å². The summed E-state index contributed by atoms with van der Waals surface area (Å²) in [4.78, 5) is 18.1. The summed E-state index contributed by atoms with van der Waals surface area (Å²) in [6.45, 7) is -1.88. The van der Waals surface area contributed by atoms with Gasteiger partial charge < -0.3 is 99.7 Å². The number of fused-ring (bicyclic) bond motifs is 8. The first-order valence-electron chi connectivity index (χ1n) is 27.1. The molecule has 22 heteroatoms. The van der Waals surface area contributed by atoms with E-state index in [1.54, 1.807) is 72.8 Å². The number of aliphatic hydroxyl groups excluding tert-OH is 12. The van der Waals surface area contributed by atoms with Gasteiger partial charge in [-0.1, -0.05) is 66.7 Å². The van der Waals surface area contributed by atoms with Crippen molar-refractivity contribution in [3.63, 3.8) is 0 Å². The molecule has 0 spiro atoms. The molecule has 0 unspecified atom stereocenters. The molecule has 436 valence electrons. The Labute approximate surface area is 478 Å². The summed E-state index contributed by atoms with van der Waals surface area (Å²) in [5.74, 6) is 0.734. The van der Waals surface area contributed by atoms with Crippen LogP contribution in [0.25, 0.3) is 90.9 Å². The first kappa shape index (κ1) is 56.7. The zero-order valence-corrected chi connectivity index (χ0v) is 44.4. The largest absolute Gasteiger partial charge is 0.462 e. The lowest BCUT2D eigenvalue weighted by atomic mass is 9.99. The molecule has 0 aliphatic carbocycles. The smallest absolute Gasteiger partial charge is 0.229 e.